The lowest BCUT2D eigenvalue weighted by Crippen LogP contribution is -2.38. The predicted octanol–water partition coefficient (Wildman–Crippen LogP) is 0.688. The summed E-state index contributed by atoms with van der Waals surface area (Å²) in [6.45, 7) is 4.00. The van der Waals surface area contributed by atoms with Gasteiger partial charge in [-0.2, -0.15) is 0 Å². The summed E-state index contributed by atoms with van der Waals surface area (Å²) in [5.41, 5.74) is 2.63. The van der Waals surface area contributed by atoms with Crippen molar-refractivity contribution in [2.75, 3.05) is 14.1 Å². The van der Waals surface area contributed by atoms with E-state index in [0.717, 1.165) is 12.8 Å². The summed E-state index contributed by atoms with van der Waals surface area (Å²) >= 11 is 0. The Balaban J connectivity index is 4.23. The molecule has 0 rings (SSSR count). The quantitative estimate of drug-likeness (QED) is 0.603. The van der Waals surface area contributed by atoms with E-state index >= 15 is 0 Å². The molecule has 2 N–H and O–H groups in total. The largest absolute Gasteiger partial charge is 0.359 e. The monoisotopic (exact) mass is 188 g/mol. The molecule has 4 heteroatoms. The number of hydrogen-bond acceptors (Lipinski definition) is 3. The van der Waals surface area contributed by atoms with E-state index in [4.69, 9.17) is 4.84 Å². The topological polar surface area (TPSA) is 50.4 Å². The van der Waals surface area contributed by atoms with Crippen molar-refractivity contribution < 1.29 is 9.63 Å². The molecule has 0 spiro atoms. The second-order valence-corrected chi connectivity index (χ2v) is 2.90. The van der Waals surface area contributed by atoms with E-state index in [1.807, 2.05) is 13.8 Å². The van der Waals surface area contributed by atoms with Crippen molar-refractivity contribution in [1.29, 1.82) is 0 Å². The molecule has 13 heavy (non-hydrogen) atoms. The first-order valence-corrected chi connectivity index (χ1v) is 4.75. The minimum absolute atomic E-state index is 0.0459. The standard InChI is InChI=1S/C9H20N2O2/c1-5-7(9(12)10-3)8(6-2)13-11-4/h7-8,11H,5-6H2,1-4H3,(H,10,12)/t7?,8-/m1/s1. The van der Waals surface area contributed by atoms with Gasteiger partial charge in [0.1, 0.15) is 0 Å². The highest BCUT2D eigenvalue weighted by molar-refractivity contribution is 5.78. The average molecular weight is 188 g/mol. The van der Waals surface area contributed by atoms with E-state index in [2.05, 4.69) is 10.8 Å². The van der Waals surface area contributed by atoms with Gasteiger partial charge in [0, 0.05) is 14.1 Å². The Morgan fingerprint density at radius 2 is 1.92 bits per heavy atom. The molecule has 0 heterocycles. The van der Waals surface area contributed by atoms with Gasteiger partial charge in [-0.05, 0) is 12.8 Å². The smallest absolute Gasteiger partial charge is 0.225 e. The third kappa shape index (κ3) is 3.74. The second-order valence-electron chi connectivity index (χ2n) is 2.90. The molecule has 78 valence electrons. The van der Waals surface area contributed by atoms with E-state index < -0.39 is 0 Å². The summed E-state index contributed by atoms with van der Waals surface area (Å²) in [6.07, 6.45) is 1.57. The predicted molar refractivity (Wildman–Crippen MR) is 52.1 cm³/mol. The van der Waals surface area contributed by atoms with Crippen LogP contribution in [0.25, 0.3) is 0 Å². The zero-order chi connectivity index (χ0) is 10.3. The first-order valence-electron chi connectivity index (χ1n) is 4.75. The lowest BCUT2D eigenvalue weighted by Gasteiger charge is -2.22. The summed E-state index contributed by atoms with van der Waals surface area (Å²) in [5.74, 6) is -0.0212. The molecule has 0 aromatic heterocycles. The van der Waals surface area contributed by atoms with Gasteiger partial charge in [-0.15, -0.1) is 0 Å². The van der Waals surface area contributed by atoms with Gasteiger partial charge in [0.25, 0.3) is 0 Å². The molecule has 1 unspecified atom stereocenters. The molecule has 0 aliphatic rings. The third-order valence-corrected chi connectivity index (χ3v) is 2.14. The van der Waals surface area contributed by atoms with Crippen LogP contribution < -0.4 is 10.8 Å². The van der Waals surface area contributed by atoms with Gasteiger partial charge < -0.3 is 5.32 Å². The van der Waals surface area contributed by atoms with Crippen molar-refractivity contribution in [2.24, 2.45) is 5.92 Å². The molecule has 0 aromatic rings. The van der Waals surface area contributed by atoms with E-state index in [9.17, 15) is 4.79 Å². The van der Waals surface area contributed by atoms with Crippen LogP contribution in [0.4, 0.5) is 0 Å². The van der Waals surface area contributed by atoms with Crippen molar-refractivity contribution >= 4 is 5.91 Å². The molecule has 2 atom stereocenters. The van der Waals surface area contributed by atoms with Crippen molar-refractivity contribution in [1.82, 2.24) is 10.8 Å². The van der Waals surface area contributed by atoms with Crippen LogP contribution in [-0.4, -0.2) is 26.1 Å². The van der Waals surface area contributed by atoms with E-state index in [-0.39, 0.29) is 17.9 Å². The van der Waals surface area contributed by atoms with Crippen LogP contribution in [0.5, 0.6) is 0 Å². The van der Waals surface area contributed by atoms with E-state index in [1.165, 1.54) is 0 Å². The first-order chi connectivity index (χ1) is 6.21. The number of amides is 1. The normalized spacial score (nSPS) is 15.1. The maximum atomic E-state index is 11.4. The van der Waals surface area contributed by atoms with Gasteiger partial charge in [-0.25, -0.2) is 5.48 Å². The van der Waals surface area contributed by atoms with Gasteiger partial charge in [-0.3, -0.25) is 9.63 Å². The molecule has 0 radical (unpaired) electrons. The maximum Gasteiger partial charge on any atom is 0.225 e. The number of rotatable bonds is 6. The zero-order valence-electron chi connectivity index (χ0n) is 8.89. The number of nitrogens with one attached hydrogen (secondary N) is 2. The van der Waals surface area contributed by atoms with Crippen LogP contribution >= 0.6 is 0 Å². The lowest BCUT2D eigenvalue weighted by molar-refractivity contribution is -0.133. The SMILES string of the molecule is CCC(C(=O)NC)[C@@H](CC)ONC. The summed E-state index contributed by atoms with van der Waals surface area (Å²) in [6, 6.07) is 0. The molecule has 0 aliphatic heterocycles. The van der Waals surface area contributed by atoms with Gasteiger partial charge in [0.15, 0.2) is 0 Å². The van der Waals surface area contributed by atoms with Crippen molar-refractivity contribution in [3.8, 4) is 0 Å². The Labute approximate surface area is 80.0 Å². The summed E-state index contributed by atoms with van der Waals surface area (Å²) in [7, 11) is 3.36. The first kappa shape index (κ1) is 12.4. The molecule has 0 aromatic carbocycles. The molecule has 0 aliphatic carbocycles. The number of carbonyl (C=O) groups is 1. The maximum absolute atomic E-state index is 11.4. The fourth-order valence-electron chi connectivity index (χ4n) is 1.40. The number of hydrogen-bond donors (Lipinski definition) is 2. The average Bonchev–Trinajstić information content (AvgIpc) is 2.17. The van der Waals surface area contributed by atoms with Crippen LogP contribution in [0, 0.1) is 5.92 Å². The Kier molecular flexibility index (Phi) is 6.54. The fourth-order valence-corrected chi connectivity index (χ4v) is 1.40. The molecular formula is C9H20N2O2. The third-order valence-electron chi connectivity index (χ3n) is 2.14. The fraction of sp³-hybridized carbons (Fsp3) is 0.889. The number of carbonyl (C=O) groups excluding carboxylic acids is 1. The molecule has 4 nitrogen and oxygen atoms in total. The van der Waals surface area contributed by atoms with Gasteiger partial charge >= 0.3 is 0 Å². The summed E-state index contributed by atoms with van der Waals surface area (Å²) < 4.78 is 0. The molecule has 0 saturated heterocycles. The summed E-state index contributed by atoms with van der Waals surface area (Å²) in [4.78, 5) is 16.7. The summed E-state index contributed by atoms with van der Waals surface area (Å²) in [5, 5.41) is 2.64. The molecule has 0 bridgehead atoms. The molecular weight excluding hydrogens is 168 g/mol. The van der Waals surface area contributed by atoms with Gasteiger partial charge in [0.2, 0.25) is 5.91 Å². The van der Waals surface area contributed by atoms with Crippen LogP contribution in [0.2, 0.25) is 0 Å². The van der Waals surface area contributed by atoms with Gasteiger partial charge in [-0.1, -0.05) is 13.8 Å². The van der Waals surface area contributed by atoms with Crippen molar-refractivity contribution in [3.05, 3.63) is 0 Å². The second kappa shape index (κ2) is 6.86. The zero-order valence-corrected chi connectivity index (χ0v) is 8.89. The van der Waals surface area contributed by atoms with Crippen LogP contribution in [0.3, 0.4) is 0 Å². The Morgan fingerprint density at radius 3 is 2.23 bits per heavy atom. The Bertz CT molecular complexity index is 151. The molecule has 1 amide bonds. The Morgan fingerprint density at radius 1 is 1.31 bits per heavy atom. The lowest BCUT2D eigenvalue weighted by atomic mass is 9.96. The van der Waals surface area contributed by atoms with E-state index in [0.29, 0.717) is 0 Å². The minimum atomic E-state index is -0.0672. The number of hydroxylamine groups is 1. The highest BCUT2D eigenvalue weighted by Crippen LogP contribution is 2.14. The molecule has 0 fully saturated rings. The van der Waals surface area contributed by atoms with Gasteiger partial charge in [0.05, 0.1) is 12.0 Å². The van der Waals surface area contributed by atoms with Crippen molar-refractivity contribution in [2.45, 2.75) is 32.8 Å². The molecule has 0 saturated carbocycles. The highest BCUT2D eigenvalue weighted by atomic mass is 16.7. The van der Waals surface area contributed by atoms with Crippen LogP contribution in [0.15, 0.2) is 0 Å². The van der Waals surface area contributed by atoms with Crippen LogP contribution in [0.1, 0.15) is 26.7 Å². The highest BCUT2D eigenvalue weighted by Gasteiger charge is 2.25. The minimum Gasteiger partial charge on any atom is -0.359 e. The van der Waals surface area contributed by atoms with Crippen LogP contribution in [-0.2, 0) is 9.63 Å². The van der Waals surface area contributed by atoms with Crippen molar-refractivity contribution in [3.63, 3.8) is 0 Å². The Hall–Kier alpha value is -0.610. The van der Waals surface area contributed by atoms with E-state index in [1.54, 1.807) is 14.1 Å².